The van der Waals surface area contributed by atoms with E-state index < -0.39 is 22.2 Å². The van der Waals surface area contributed by atoms with E-state index in [0.717, 1.165) is 9.13 Å². The van der Waals surface area contributed by atoms with E-state index in [0.29, 0.717) is 11.4 Å². The summed E-state index contributed by atoms with van der Waals surface area (Å²) in [6.45, 7) is 0. The molecule has 0 saturated heterocycles. The number of benzene rings is 2. The molecule has 12 heteroatoms. The van der Waals surface area contributed by atoms with Gasteiger partial charge in [-0.1, -0.05) is 36.4 Å². The van der Waals surface area contributed by atoms with E-state index in [4.69, 9.17) is 0 Å². The van der Waals surface area contributed by atoms with Crippen molar-refractivity contribution in [1.29, 1.82) is 0 Å². The van der Waals surface area contributed by atoms with E-state index in [-0.39, 0.29) is 44.7 Å². The summed E-state index contributed by atoms with van der Waals surface area (Å²) in [5.74, 6) is 0. The quantitative estimate of drug-likeness (QED) is 0.318. The van der Waals surface area contributed by atoms with Gasteiger partial charge in [0.15, 0.2) is 44.7 Å². The number of hydrogen-bond acceptors (Lipinski definition) is 8. The fourth-order valence-electron chi connectivity index (χ4n) is 4.70. The summed E-state index contributed by atoms with van der Waals surface area (Å²) in [4.78, 5) is 69.9. The van der Waals surface area contributed by atoms with Gasteiger partial charge in [-0.3, -0.25) is 37.4 Å². The average molecular weight is 504 g/mol. The lowest BCUT2D eigenvalue weighted by Crippen LogP contribution is -2.21. The predicted octanol–water partition coefficient (Wildman–Crippen LogP) is 1.02. The molecule has 38 heavy (non-hydrogen) atoms. The van der Waals surface area contributed by atoms with Gasteiger partial charge in [-0.2, -0.15) is 0 Å². The second-order valence-corrected chi connectivity index (χ2v) is 8.82. The number of rotatable bonds is 2. The van der Waals surface area contributed by atoms with Crippen molar-refractivity contribution >= 4 is 44.7 Å². The molecule has 0 unspecified atom stereocenters. The molecule has 0 aliphatic carbocycles. The van der Waals surface area contributed by atoms with Crippen molar-refractivity contribution in [3.05, 3.63) is 102 Å². The van der Waals surface area contributed by atoms with Crippen LogP contribution in [-0.2, 0) is 14.1 Å². The molecule has 7 rings (SSSR count). The maximum absolute atomic E-state index is 12.9. The summed E-state index contributed by atoms with van der Waals surface area (Å²) in [7, 11) is 2.74. The molecule has 0 radical (unpaired) electrons. The van der Waals surface area contributed by atoms with E-state index in [1.165, 1.54) is 14.1 Å². The fraction of sp³-hybridized carbons (Fsp3) is 0.0769. The molecule has 5 heterocycles. The molecule has 12 nitrogen and oxygen atoms in total. The van der Waals surface area contributed by atoms with E-state index in [1.54, 1.807) is 33.4 Å². The van der Waals surface area contributed by atoms with E-state index in [9.17, 15) is 19.2 Å². The number of aromatic nitrogens is 8. The molecule has 0 fully saturated rings. The van der Waals surface area contributed by atoms with Crippen molar-refractivity contribution in [3.8, 4) is 11.4 Å². The van der Waals surface area contributed by atoms with Crippen LogP contribution < -0.4 is 22.2 Å². The normalized spacial score (nSPS) is 11.8. The first-order valence-electron chi connectivity index (χ1n) is 11.6. The van der Waals surface area contributed by atoms with Gasteiger partial charge in [0.25, 0.3) is 22.2 Å². The largest absolute Gasteiger partial charge is 0.281 e. The smallest absolute Gasteiger partial charge is 0.275 e. The van der Waals surface area contributed by atoms with Crippen molar-refractivity contribution in [2.24, 2.45) is 14.1 Å². The third-order valence-electron chi connectivity index (χ3n) is 6.62. The van der Waals surface area contributed by atoms with Crippen LogP contribution >= 0.6 is 0 Å². The molecule has 0 aliphatic heterocycles. The summed E-state index contributed by atoms with van der Waals surface area (Å²) < 4.78 is 5.16. The Kier molecular flexibility index (Phi) is 4.29. The monoisotopic (exact) mass is 504 g/mol. The predicted molar refractivity (Wildman–Crippen MR) is 141 cm³/mol. The summed E-state index contributed by atoms with van der Waals surface area (Å²) in [5.41, 5.74) is -0.623. The molecule has 0 spiro atoms. The number of para-hydroxylation sites is 2. The summed E-state index contributed by atoms with van der Waals surface area (Å²) in [5, 5.41) is 0. The minimum atomic E-state index is -0.576. The summed E-state index contributed by atoms with van der Waals surface area (Å²) in [6, 6.07) is 18.1. The first-order chi connectivity index (χ1) is 18.4. The fourth-order valence-corrected chi connectivity index (χ4v) is 4.70. The highest BCUT2D eigenvalue weighted by Crippen LogP contribution is 2.28. The SMILES string of the molecule is Cn1c(=O)c2nc3c(nc2c1=O)n(-c1ccccc1)c1nc2c(=O)n(C)c(=O)c2nc1n3-c1ccccc1. The first-order valence-corrected chi connectivity index (χ1v) is 11.6. The third kappa shape index (κ3) is 2.73. The third-order valence-corrected chi connectivity index (χ3v) is 6.62. The van der Waals surface area contributed by atoms with Gasteiger partial charge in [-0.05, 0) is 24.3 Å². The Morgan fingerprint density at radius 3 is 0.974 bits per heavy atom. The zero-order chi connectivity index (χ0) is 26.3. The van der Waals surface area contributed by atoms with Crippen molar-refractivity contribution in [2.45, 2.75) is 0 Å². The highest BCUT2D eigenvalue weighted by molar-refractivity contribution is 5.93. The van der Waals surface area contributed by atoms with E-state index in [2.05, 4.69) is 19.9 Å². The molecular weight excluding hydrogens is 488 g/mol. The Hall–Kier alpha value is -5.52. The molecule has 0 bridgehead atoms. The number of fused-ring (bicyclic) bond motifs is 4. The molecule has 0 atom stereocenters. The molecule has 0 saturated carbocycles. The van der Waals surface area contributed by atoms with Gasteiger partial charge in [0.1, 0.15) is 0 Å². The Labute approximate surface area is 210 Å². The van der Waals surface area contributed by atoms with Gasteiger partial charge >= 0.3 is 0 Å². The van der Waals surface area contributed by atoms with Crippen molar-refractivity contribution in [2.75, 3.05) is 0 Å². The average Bonchev–Trinajstić information content (AvgIpc) is 3.29. The zero-order valence-corrected chi connectivity index (χ0v) is 20.0. The Bertz CT molecular complexity index is 2050. The van der Waals surface area contributed by atoms with Gasteiger partial charge in [0.05, 0.1) is 0 Å². The molecule has 0 aliphatic rings. The van der Waals surface area contributed by atoms with Gasteiger partial charge < -0.3 is 0 Å². The van der Waals surface area contributed by atoms with Crippen LogP contribution in [0.15, 0.2) is 79.8 Å². The maximum Gasteiger partial charge on any atom is 0.281 e. The molecule has 0 amide bonds. The van der Waals surface area contributed by atoms with Crippen LogP contribution in [0.25, 0.3) is 56.0 Å². The van der Waals surface area contributed by atoms with Crippen LogP contribution in [0, 0.1) is 0 Å². The van der Waals surface area contributed by atoms with Gasteiger partial charge in [0.2, 0.25) is 0 Å². The van der Waals surface area contributed by atoms with Crippen LogP contribution in [-0.4, -0.2) is 38.2 Å². The topological polar surface area (TPSA) is 140 Å². The van der Waals surface area contributed by atoms with Gasteiger partial charge in [0, 0.05) is 25.5 Å². The summed E-state index contributed by atoms with van der Waals surface area (Å²) in [6.07, 6.45) is 0. The standard InChI is InChI=1S/C26H16N8O4/c1-31-23(35)15-16(24(31)36)28-20-19(27-15)33(13-9-5-3-6-10-13)21-22(34(20)14-11-7-4-8-12-14)30-18-17(29-21)25(37)32(2)26(18)38/h3-12H,1-2H3. The molecule has 5 aromatic heterocycles. The molecule has 0 N–H and O–H groups in total. The second-order valence-electron chi connectivity index (χ2n) is 8.82. The maximum atomic E-state index is 12.9. The number of nitrogens with zero attached hydrogens (tertiary/aromatic N) is 8. The molecule has 184 valence electrons. The van der Waals surface area contributed by atoms with Crippen LogP contribution in [0.5, 0.6) is 0 Å². The van der Waals surface area contributed by atoms with Crippen molar-refractivity contribution in [1.82, 2.24) is 38.2 Å². The minimum absolute atomic E-state index is 0.0891. The number of hydrogen-bond donors (Lipinski definition) is 0. The lowest BCUT2D eigenvalue weighted by Gasteiger charge is -2.19. The van der Waals surface area contributed by atoms with E-state index >= 15 is 0 Å². The first kappa shape index (κ1) is 21.7. The lowest BCUT2D eigenvalue weighted by atomic mass is 10.2. The summed E-state index contributed by atoms with van der Waals surface area (Å²) >= 11 is 0. The Morgan fingerprint density at radius 2 is 0.711 bits per heavy atom. The minimum Gasteiger partial charge on any atom is -0.275 e. The molecule has 7 aromatic rings. The van der Waals surface area contributed by atoms with Crippen LogP contribution in [0.4, 0.5) is 0 Å². The lowest BCUT2D eigenvalue weighted by molar-refractivity contribution is 0.854. The molecule has 2 aromatic carbocycles. The van der Waals surface area contributed by atoms with Gasteiger partial charge in [-0.25, -0.2) is 19.9 Å². The van der Waals surface area contributed by atoms with Crippen molar-refractivity contribution in [3.63, 3.8) is 0 Å². The highest BCUT2D eigenvalue weighted by Gasteiger charge is 2.25. The van der Waals surface area contributed by atoms with Crippen LogP contribution in [0.3, 0.4) is 0 Å². The second kappa shape index (κ2) is 7.49. The van der Waals surface area contributed by atoms with E-state index in [1.807, 2.05) is 36.4 Å². The van der Waals surface area contributed by atoms with Crippen LogP contribution in [0.2, 0.25) is 0 Å². The van der Waals surface area contributed by atoms with Crippen molar-refractivity contribution < 1.29 is 0 Å². The zero-order valence-electron chi connectivity index (χ0n) is 20.0. The van der Waals surface area contributed by atoms with Crippen LogP contribution in [0.1, 0.15) is 0 Å². The van der Waals surface area contributed by atoms with Gasteiger partial charge in [-0.15, -0.1) is 0 Å². The molecular formula is C26H16N8O4. The Balaban J connectivity index is 1.85. The Morgan fingerprint density at radius 1 is 0.447 bits per heavy atom. The highest BCUT2D eigenvalue weighted by atomic mass is 16.2.